The molecule has 0 bridgehead atoms. The van der Waals surface area contributed by atoms with Gasteiger partial charge in [0.2, 0.25) is 5.78 Å². The molecule has 0 radical (unpaired) electrons. The molecule has 118 valence electrons. The summed E-state index contributed by atoms with van der Waals surface area (Å²) in [5.74, 6) is 1.44. The minimum atomic E-state index is -0.279. The van der Waals surface area contributed by atoms with Gasteiger partial charge in [0.05, 0.1) is 18.4 Å². The molecule has 0 spiro atoms. The Hall–Kier alpha value is -2.67. The Kier molecular flexibility index (Phi) is 3.55. The van der Waals surface area contributed by atoms with E-state index in [1.54, 1.807) is 35.3 Å². The van der Waals surface area contributed by atoms with Crippen molar-refractivity contribution < 1.29 is 9.21 Å². The minimum Gasteiger partial charge on any atom is -0.455 e. The molecule has 3 aromatic heterocycles. The van der Waals surface area contributed by atoms with Crippen LogP contribution in [0.1, 0.15) is 29.2 Å². The van der Waals surface area contributed by atoms with E-state index >= 15 is 0 Å². The first-order chi connectivity index (χ1) is 11.3. The Morgan fingerprint density at radius 3 is 3.00 bits per heavy atom. The number of aromatic nitrogens is 3. The number of rotatable bonds is 4. The van der Waals surface area contributed by atoms with Gasteiger partial charge in [0, 0.05) is 18.6 Å². The third-order valence-electron chi connectivity index (χ3n) is 3.97. The molecule has 1 N–H and O–H groups in total. The van der Waals surface area contributed by atoms with Crippen molar-refractivity contribution in [3.63, 3.8) is 0 Å². The lowest BCUT2D eigenvalue weighted by Gasteiger charge is -2.11. The van der Waals surface area contributed by atoms with Crippen LogP contribution in [-0.2, 0) is 6.54 Å². The predicted octanol–water partition coefficient (Wildman–Crippen LogP) is 2.17. The van der Waals surface area contributed by atoms with Crippen molar-refractivity contribution in [3.05, 3.63) is 48.4 Å². The first-order valence-electron chi connectivity index (χ1n) is 7.69. The molecule has 7 nitrogen and oxygen atoms in total. The second-order valence-electron chi connectivity index (χ2n) is 5.68. The number of hydrogen-bond acceptors (Lipinski definition) is 5. The fraction of sp³-hybridized carbons (Fsp3) is 0.312. The van der Waals surface area contributed by atoms with Crippen molar-refractivity contribution in [1.29, 1.82) is 0 Å². The van der Waals surface area contributed by atoms with E-state index in [2.05, 4.69) is 20.2 Å². The lowest BCUT2D eigenvalue weighted by molar-refractivity contribution is 0.0993. The molecule has 3 aromatic rings. The van der Waals surface area contributed by atoms with E-state index in [1.165, 1.54) is 12.8 Å². The zero-order chi connectivity index (χ0) is 15.6. The smallest absolute Gasteiger partial charge is 0.291 e. The first-order valence-corrected chi connectivity index (χ1v) is 7.69. The zero-order valence-electron chi connectivity index (χ0n) is 12.6. The van der Waals surface area contributed by atoms with Crippen LogP contribution in [0.25, 0.3) is 5.78 Å². The van der Waals surface area contributed by atoms with Crippen molar-refractivity contribution in [2.45, 2.75) is 19.4 Å². The molecule has 4 heterocycles. The number of furan rings is 1. The monoisotopic (exact) mass is 311 g/mol. The molecule has 1 aliphatic heterocycles. The molecule has 1 aliphatic rings. The molecule has 1 amide bonds. The van der Waals surface area contributed by atoms with Gasteiger partial charge in [-0.15, -0.1) is 0 Å². The van der Waals surface area contributed by atoms with E-state index in [-0.39, 0.29) is 5.91 Å². The van der Waals surface area contributed by atoms with Gasteiger partial charge in [-0.05, 0) is 38.1 Å². The van der Waals surface area contributed by atoms with Crippen LogP contribution in [0.5, 0.6) is 0 Å². The van der Waals surface area contributed by atoms with Crippen LogP contribution < -0.4 is 5.32 Å². The molecule has 0 aromatic carbocycles. The number of anilines is 1. The van der Waals surface area contributed by atoms with Gasteiger partial charge < -0.3 is 9.73 Å². The van der Waals surface area contributed by atoms with Crippen molar-refractivity contribution in [2.75, 3.05) is 18.4 Å². The van der Waals surface area contributed by atoms with Gasteiger partial charge >= 0.3 is 0 Å². The average Bonchev–Trinajstić information content (AvgIpc) is 3.28. The summed E-state index contributed by atoms with van der Waals surface area (Å²) >= 11 is 0. The molecule has 23 heavy (non-hydrogen) atoms. The quantitative estimate of drug-likeness (QED) is 0.799. The molecule has 1 fully saturated rings. The van der Waals surface area contributed by atoms with E-state index in [9.17, 15) is 4.79 Å². The Labute approximate surface area is 132 Å². The molecule has 0 aliphatic carbocycles. The summed E-state index contributed by atoms with van der Waals surface area (Å²) in [7, 11) is 0. The number of nitrogens with zero attached hydrogens (tertiary/aromatic N) is 4. The number of imidazole rings is 1. The van der Waals surface area contributed by atoms with E-state index < -0.39 is 0 Å². The fourth-order valence-corrected chi connectivity index (χ4v) is 2.82. The Bertz CT molecular complexity index is 832. The lowest BCUT2D eigenvalue weighted by atomic mass is 10.4. The third-order valence-corrected chi connectivity index (χ3v) is 3.97. The van der Waals surface area contributed by atoms with Gasteiger partial charge in [0.25, 0.3) is 5.91 Å². The Morgan fingerprint density at radius 2 is 2.13 bits per heavy atom. The highest BCUT2D eigenvalue weighted by atomic mass is 16.4. The van der Waals surface area contributed by atoms with E-state index in [0.29, 0.717) is 17.2 Å². The van der Waals surface area contributed by atoms with Crippen LogP contribution >= 0.6 is 0 Å². The second kappa shape index (κ2) is 5.85. The summed E-state index contributed by atoms with van der Waals surface area (Å²) < 4.78 is 7.41. The molecule has 0 saturated carbocycles. The summed E-state index contributed by atoms with van der Waals surface area (Å²) in [6.07, 6.45) is 9.25. The van der Waals surface area contributed by atoms with Crippen LogP contribution in [0.3, 0.4) is 0 Å². The number of nitrogens with one attached hydrogen (secondary N) is 1. The second-order valence-corrected chi connectivity index (χ2v) is 5.68. The summed E-state index contributed by atoms with van der Waals surface area (Å²) in [6.45, 7) is 2.95. The highest BCUT2D eigenvalue weighted by Crippen LogP contribution is 2.16. The van der Waals surface area contributed by atoms with Crippen LogP contribution in [0, 0.1) is 0 Å². The molecule has 0 unspecified atom stereocenters. The van der Waals surface area contributed by atoms with Gasteiger partial charge in [-0.2, -0.15) is 0 Å². The molecule has 4 rings (SSSR count). The maximum Gasteiger partial charge on any atom is 0.291 e. The van der Waals surface area contributed by atoms with Crippen LogP contribution in [0.2, 0.25) is 0 Å². The molecular weight excluding hydrogens is 294 g/mol. The minimum absolute atomic E-state index is 0.279. The van der Waals surface area contributed by atoms with Crippen LogP contribution in [0.15, 0.2) is 41.3 Å². The predicted molar refractivity (Wildman–Crippen MR) is 84.2 cm³/mol. The maximum atomic E-state index is 12.3. The Morgan fingerprint density at radius 1 is 1.26 bits per heavy atom. The maximum absolute atomic E-state index is 12.3. The SMILES string of the molecule is O=C(Nc1cnc2nccn2c1)c1ccc(CN2CCCC2)o1. The normalized spacial score (nSPS) is 15.3. The van der Waals surface area contributed by atoms with Crippen LogP contribution in [-0.4, -0.2) is 38.3 Å². The fourth-order valence-electron chi connectivity index (χ4n) is 2.82. The number of likely N-dealkylation sites (tertiary alicyclic amines) is 1. The highest BCUT2D eigenvalue weighted by Gasteiger charge is 2.16. The van der Waals surface area contributed by atoms with Crippen molar-refractivity contribution in [2.24, 2.45) is 0 Å². The third kappa shape index (κ3) is 2.95. The van der Waals surface area contributed by atoms with Crippen molar-refractivity contribution in [3.8, 4) is 0 Å². The summed E-state index contributed by atoms with van der Waals surface area (Å²) in [4.78, 5) is 22.8. The highest BCUT2D eigenvalue weighted by molar-refractivity contribution is 6.02. The average molecular weight is 311 g/mol. The topological polar surface area (TPSA) is 75.7 Å². The first kappa shape index (κ1) is 14.0. The van der Waals surface area contributed by atoms with Gasteiger partial charge in [0.1, 0.15) is 5.76 Å². The van der Waals surface area contributed by atoms with E-state index in [0.717, 1.165) is 25.4 Å². The number of amides is 1. The number of carbonyl (C=O) groups is 1. The molecule has 1 saturated heterocycles. The van der Waals surface area contributed by atoms with Gasteiger partial charge in [-0.3, -0.25) is 14.1 Å². The van der Waals surface area contributed by atoms with Crippen molar-refractivity contribution in [1.82, 2.24) is 19.3 Å². The molecule has 0 atom stereocenters. The Balaban J connectivity index is 1.44. The van der Waals surface area contributed by atoms with E-state index in [4.69, 9.17) is 4.42 Å². The zero-order valence-corrected chi connectivity index (χ0v) is 12.6. The van der Waals surface area contributed by atoms with E-state index in [1.807, 2.05) is 6.07 Å². The van der Waals surface area contributed by atoms with Gasteiger partial charge in [-0.25, -0.2) is 9.97 Å². The molecule has 7 heteroatoms. The number of fused-ring (bicyclic) bond motifs is 1. The summed E-state index contributed by atoms with van der Waals surface area (Å²) in [5, 5.41) is 2.79. The molecular formula is C16H17N5O2. The van der Waals surface area contributed by atoms with Gasteiger partial charge in [0.15, 0.2) is 5.76 Å². The van der Waals surface area contributed by atoms with Gasteiger partial charge in [-0.1, -0.05) is 0 Å². The standard InChI is InChI=1S/C16H17N5O2/c22-15(19-12-9-18-16-17-5-8-21(16)10-12)14-4-3-13(23-14)11-20-6-1-2-7-20/h3-5,8-10H,1-2,6-7,11H2,(H,19,22). The largest absolute Gasteiger partial charge is 0.455 e. The number of hydrogen-bond donors (Lipinski definition) is 1. The van der Waals surface area contributed by atoms with Crippen LogP contribution in [0.4, 0.5) is 5.69 Å². The summed E-state index contributed by atoms with van der Waals surface area (Å²) in [6, 6.07) is 3.58. The summed E-state index contributed by atoms with van der Waals surface area (Å²) in [5.41, 5.74) is 0.595. The number of carbonyl (C=O) groups excluding carboxylic acids is 1. The lowest BCUT2D eigenvalue weighted by Crippen LogP contribution is -2.18. The van der Waals surface area contributed by atoms with Crippen molar-refractivity contribution >= 4 is 17.4 Å².